The van der Waals surface area contributed by atoms with E-state index in [0.29, 0.717) is 0 Å². The van der Waals surface area contributed by atoms with E-state index in [1.807, 2.05) is 0 Å². The maximum Gasteiger partial charge on any atom is -0.00648 e. The van der Waals surface area contributed by atoms with Crippen LogP contribution in [0.15, 0.2) is 121 Å². The lowest BCUT2D eigenvalue weighted by atomic mass is 9.97. The van der Waals surface area contributed by atoms with Crippen LogP contribution in [0.1, 0.15) is 31.9 Å². The fourth-order valence-corrected chi connectivity index (χ4v) is 14.1. The summed E-state index contributed by atoms with van der Waals surface area (Å²) in [5, 5.41) is 4.46. The molecule has 0 amide bonds. The van der Waals surface area contributed by atoms with Gasteiger partial charge in [-0.3, -0.25) is 0 Å². The van der Waals surface area contributed by atoms with Gasteiger partial charge in [-0.2, -0.15) is 0 Å². The number of aryl methyl sites for hydroxylation is 2. The van der Waals surface area contributed by atoms with Gasteiger partial charge in [-0.1, -0.05) is 142 Å². The lowest BCUT2D eigenvalue weighted by Crippen LogP contribution is -2.25. The van der Waals surface area contributed by atoms with Gasteiger partial charge in [-0.15, -0.1) is 0 Å². The minimum atomic E-state index is -0.638. The van der Waals surface area contributed by atoms with Crippen LogP contribution in [-0.2, 0) is 0 Å². The van der Waals surface area contributed by atoms with Gasteiger partial charge in [0.15, 0.2) is 0 Å². The van der Waals surface area contributed by atoms with E-state index in [2.05, 4.69) is 162 Å². The molecule has 1 radical (unpaired) electrons. The van der Waals surface area contributed by atoms with Crippen LogP contribution in [0.2, 0.25) is 0 Å². The normalized spacial score (nSPS) is 13.2. The van der Waals surface area contributed by atoms with E-state index >= 15 is 0 Å². The molecule has 0 aliphatic carbocycles. The predicted molar refractivity (Wildman–Crippen MR) is 171 cm³/mol. The van der Waals surface area contributed by atoms with Crippen molar-refractivity contribution in [1.82, 2.24) is 0 Å². The second-order valence-corrected chi connectivity index (χ2v) is 17.2. The molecule has 0 saturated carbocycles. The molecular formula is C36H35P2. The first kappa shape index (κ1) is 26.6. The largest absolute Gasteiger partial charge is 0.0622 e. The van der Waals surface area contributed by atoms with Gasteiger partial charge < -0.3 is 0 Å². The van der Waals surface area contributed by atoms with Gasteiger partial charge in [0.05, 0.1) is 0 Å². The molecule has 0 aliphatic rings. The van der Waals surface area contributed by atoms with Crippen LogP contribution in [0.3, 0.4) is 0 Å². The standard InChI is InChI=1S/C36H35P2/c1-27-15-12-13-21-33(27)35-28(2)16-14-22-34(35)38(36(3,4)5)37(31-19-10-7-11-20-31)32-25-23-30(24-26-32)29-17-8-6-9-18-29/h6-20,22-26H,1-5H3/t37-,38+/m1/s1. The van der Waals surface area contributed by atoms with Crippen molar-refractivity contribution in [3.05, 3.63) is 139 Å². The molecule has 0 saturated heterocycles. The Morgan fingerprint density at radius 2 is 1.13 bits per heavy atom. The Morgan fingerprint density at radius 1 is 0.553 bits per heavy atom. The molecule has 0 N–H and O–H groups in total. The zero-order valence-corrected chi connectivity index (χ0v) is 24.7. The average molecular weight is 530 g/mol. The van der Waals surface area contributed by atoms with E-state index in [1.54, 1.807) is 0 Å². The first-order valence-corrected chi connectivity index (χ1v) is 16.6. The molecule has 0 bridgehead atoms. The van der Waals surface area contributed by atoms with Gasteiger partial charge in [-0.25, -0.2) is 0 Å². The molecule has 2 atom stereocenters. The zero-order valence-electron chi connectivity index (χ0n) is 22.9. The first-order chi connectivity index (χ1) is 18.3. The summed E-state index contributed by atoms with van der Waals surface area (Å²) >= 11 is 0. The Balaban J connectivity index is 1.72. The van der Waals surface area contributed by atoms with E-state index in [1.165, 1.54) is 49.3 Å². The van der Waals surface area contributed by atoms with Gasteiger partial charge in [0.2, 0.25) is 0 Å². The van der Waals surface area contributed by atoms with Crippen molar-refractivity contribution in [2.75, 3.05) is 0 Å². The number of hydrogen-bond acceptors (Lipinski definition) is 0. The second kappa shape index (κ2) is 11.4. The van der Waals surface area contributed by atoms with E-state index in [0.717, 1.165) is 0 Å². The van der Waals surface area contributed by atoms with E-state index in [4.69, 9.17) is 0 Å². The maximum atomic E-state index is 3.60. The van der Waals surface area contributed by atoms with Gasteiger partial charge >= 0.3 is 0 Å². The van der Waals surface area contributed by atoms with Crippen molar-refractivity contribution in [3.63, 3.8) is 0 Å². The SMILES string of the molecule is Cc1ccc[c]c1-c1c(C)cccc1[P@]([P@](c1ccccc1)c1ccc(-c2ccccc2)cc1)C(C)(C)C. The van der Waals surface area contributed by atoms with Crippen LogP contribution < -0.4 is 15.9 Å². The molecular weight excluding hydrogens is 494 g/mol. The van der Waals surface area contributed by atoms with Crippen LogP contribution in [0, 0.1) is 19.9 Å². The van der Waals surface area contributed by atoms with Crippen LogP contribution in [-0.4, -0.2) is 5.16 Å². The topological polar surface area (TPSA) is 0 Å². The third kappa shape index (κ3) is 5.54. The lowest BCUT2D eigenvalue weighted by Gasteiger charge is -2.40. The van der Waals surface area contributed by atoms with Crippen molar-refractivity contribution in [1.29, 1.82) is 0 Å². The van der Waals surface area contributed by atoms with Gasteiger partial charge in [0.25, 0.3) is 0 Å². The summed E-state index contributed by atoms with van der Waals surface area (Å²) in [6.07, 6.45) is 0. The summed E-state index contributed by atoms with van der Waals surface area (Å²) in [6, 6.07) is 48.2. The Kier molecular flexibility index (Phi) is 7.95. The predicted octanol–water partition coefficient (Wildman–Crippen LogP) is 9.39. The summed E-state index contributed by atoms with van der Waals surface area (Å²) in [5.74, 6) is 0. The molecule has 5 rings (SSSR count). The summed E-state index contributed by atoms with van der Waals surface area (Å²) in [5.41, 5.74) is 7.74. The van der Waals surface area contributed by atoms with E-state index < -0.39 is 15.2 Å². The van der Waals surface area contributed by atoms with Crippen LogP contribution in [0.25, 0.3) is 22.3 Å². The molecule has 0 nitrogen and oxygen atoms in total. The van der Waals surface area contributed by atoms with Crippen LogP contribution in [0.4, 0.5) is 0 Å². The van der Waals surface area contributed by atoms with Crippen molar-refractivity contribution < 1.29 is 0 Å². The minimum Gasteiger partial charge on any atom is -0.0622 e. The van der Waals surface area contributed by atoms with E-state index in [9.17, 15) is 0 Å². The molecule has 5 aromatic rings. The Morgan fingerprint density at radius 3 is 1.76 bits per heavy atom. The zero-order chi connectivity index (χ0) is 26.7. The molecule has 38 heavy (non-hydrogen) atoms. The highest BCUT2D eigenvalue weighted by atomic mass is 32.1. The van der Waals surface area contributed by atoms with Crippen LogP contribution >= 0.6 is 15.2 Å². The van der Waals surface area contributed by atoms with Crippen LogP contribution in [0.5, 0.6) is 0 Å². The number of rotatable bonds is 6. The monoisotopic (exact) mass is 529 g/mol. The molecule has 0 unspecified atom stereocenters. The molecule has 2 heteroatoms. The van der Waals surface area contributed by atoms with Crippen molar-refractivity contribution in [2.45, 2.75) is 39.8 Å². The summed E-state index contributed by atoms with van der Waals surface area (Å²) in [7, 11) is -1.24. The molecule has 0 fully saturated rings. The Bertz CT molecular complexity index is 1500. The quantitative estimate of drug-likeness (QED) is 0.192. The molecule has 0 aromatic heterocycles. The fraction of sp³-hybridized carbons (Fsp3) is 0.167. The molecule has 0 spiro atoms. The lowest BCUT2D eigenvalue weighted by molar-refractivity contribution is 0.796. The summed E-state index contributed by atoms with van der Waals surface area (Å²) in [4.78, 5) is 0. The Hall–Kier alpha value is -3.04. The van der Waals surface area contributed by atoms with Gasteiger partial charge in [0, 0.05) is 0 Å². The minimum absolute atomic E-state index is 0.0974. The average Bonchev–Trinajstić information content (AvgIpc) is 2.93. The first-order valence-electron chi connectivity index (χ1n) is 13.2. The highest BCUT2D eigenvalue weighted by Gasteiger charge is 2.37. The fourth-order valence-electron chi connectivity index (χ4n) is 5.09. The highest BCUT2D eigenvalue weighted by Crippen LogP contribution is 2.73. The van der Waals surface area contributed by atoms with Gasteiger partial charge in [-0.05, 0) is 89.6 Å². The molecule has 0 heterocycles. The Labute approximate surface area is 231 Å². The smallest absolute Gasteiger partial charge is 0.00648 e. The summed E-state index contributed by atoms with van der Waals surface area (Å²) < 4.78 is 0. The maximum absolute atomic E-state index is 3.60. The molecule has 189 valence electrons. The van der Waals surface area contributed by atoms with Gasteiger partial charge in [0.1, 0.15) is 0 Å². The van der Waals surface area contributed by atoms with E-state index in [-0.39, 0.29) is 5.16 Å². The summed E-state index contributed by atoms with van der Waals surface area (Å²) in [6.45, 7) is 11.8. The van der Waals surface area contributed by atoms with Crippen molar-refractivity contribution >= 4 is 31.1 Å². The second-order valence-electron chi connectivity index (χ2n) is 10.7. The molecule has 0 aliphatic heterocycles. The third-order valence-corrected chi connectivity index (χ3v) is 16.0. The van der Waals surface area contributed by atoms with Crippen molar-refractivity contribution in [2.24, 2.45) is 0 Å². The number of hydrogen-bond donors (Lipinski definition) is 0. The highest BCUT2D eigenvalue weighted by molar-refractivity contribution is 8.39. The van der Waals surface area contributed by atoms with Crippen molar-refractivity contribution in [3.8, 4) is 22.3 Å². The third-order valence-electron chi connectivity index (χ3n) is 6.85. The number of benzene rings is 5. The molecule has 5 aromatic carbocycles.